The van der Waals surface area contributed by atoms with E-state index in [1.165, 1.54) is 41.9 Å². The van der Waals surface area contributed by atoms with Crippen LogP contribution in [0.3, 0.4) is 0 Å². The van der Waals surface area contributed by atoms with E-state index in [9.17, 15) is 0 Å². The van der Waals surface area contributed by atoms with Gasteiger partial charge in [-0.1, -0.05) is 25.0 Å². The zero-order valence-corrected chi connectivity index (χ0v) is 13.2. The van der Waals surface area contributed by atoms with Gasteiger partial charge in [0.05, 0.1) is 0 Å². The van der Waals surface area contributed by atoms with Crippen LogP contribution in [0.1, 0.15) is 31.2 Å². The molecule has 3 heteroatoms. The Kier molecular flexibility index (Phi) is 9.54. The van der Waals surface area contributed by atoms with Gasteiger partial charge in [0, 0.05) is 11.4 Å². The van der Waals surface area contributed by atoms with Crippen LogP contribution >= 0.6 is 23.5 Å². The number of thioether (sulfide) groups is 2. The van der Waals surface area contributed by atoms with Crippen molar-refractivity contribution in [3.05, 3.63) is 29.8 Å². The minimum atomic E-state index is 0.999. The molecule has 18 heavy (non-hydrogen) atoms. The van der Waals surface area contributed by atoms with Gasteiger partial charge in [0.2, 0.25) is 0 Å². The molecule has 0 atom stereocenters. The summed E-state index contributed by atoms with van der Waals surface area (Å²) in [6, 6.07) is 8.84. The highest BCUT2D eigenvalue weighted by atomic mass is 32.2. The molecule has 0 heterocycles. The summed E-state index contributed by atoms with van der Waals surface area (Å²) in [5.41, 5.74) is 1.38. The quantitative estimate of drug-likeness (QED) is 0.504. The van der Waals surface area contributed by atoms with Crippen molar-refractivity contribution in [3.63, 3.8) is 0 Å². The number of unbranched alkanes of at least 4 members (excludes halogenated alkanes) is 3. The van der Waals surface area contributed by atoms with E-state index in [2.05, 4.69) is 42.1 Å². The fourth-order valence-corrected chi connectivity index (χ4v) is 2.73. The Morgan fingerprint density at radius 3 is 2.33 bits per heavy atom. The zero-order chi connectivity index (χ0) is 13.1. The van der Waals surface area contributed by atoms with Crippen molar-refractivity contribution in [2.75, 3.05) is 24.8 Å². The van der Waals surface area contributed by atoms with Gasteiger partial charge in [-0.2, -0.15) is 11.8 Å². The Balaban J connectivity index is 2.00. The normalized spacial score (nSPS) is 10.8. The van der Waals surface area contributed by atoms with Crippen LogP contribution in [-0.2, 0) is 6.54 Å². The lowest BCUT2D eigenvalue weighted by Crippen LogP contribution is -2.14. The molecule has 1 aromatic carbocycles. The number of hydrogen-bond acceptors (Lipinski definition) is 3. The van der Waals surface area contributed by atoms with Crippen molar-refractivity contribution in [2.24, 2.45) is 0 Å². The fraction of sp³-hybridized carbons (Fsp3) is 0.600. The van der Waals surface area contributed by atoms with Gasteiger partial charge in [-0.05, 0) is 55.3 Å². The molecule has 0 aliphatic heterocycles. The fourth-order valence-electron chi connectivity index (χ4n) is 1.83. The molecule has 102 valence electrons. The molecular formula is C15H25NS2. The van der Waals surface area contributed by atoms with E-state index < -0.39 is 0 Å². The first-order valence-corrected chi connectivity index (χ1v) is 9.31. The molecule has 1 N–H and O–H groups in total. The highest BCUT2D eigenvalue weighted by Crippen LogP contribution is 2.14. The average Bonchev–Trinajstić information content (AvgIpc) is 2.42. The van der Waals surface area contributed by atoms with E-state index in [0.717, 1.165) is 13.1 Å². The molecular weight excluding hydrogens is 258 g/mol. The van der Waals surface area contributed by atoms with Crippen LogP contribution in [0.4, 0.5) is 0 Å². The molecule has 0 bridgehead atoms. The lowest BCUT2D eigenvalue weighted by Gasteiger charge is -2.05. The van der Waals surface area contributed by atoms with E-state index >= 15 is 0 Å². The summed E-state index contributed by atoms with van der Waals surface area (Å²) in [4.78, 5) is 1.34. The first-order valence-electron chi connectivity index (χ1n) is 6.69. The van der Waals surface area contributed by atoms with Crippen molar-refractivity contribution >= 4 is 23.5 Å². The van der Waals surface area contributed by atoms with Crippen molar-refractivity contribution in [1.29, 1.82) is 0 Å². The van der Waals surface area contributed by atoms with E-state index in [1.54, 1.807) is 11.8 Å². The van der Waals surface area contributed by atoms with E-state index in [0.29, 0.717) is 0 Å². The predicted molar refractivity (Wildman–Crippen MR) is 86.8 cm³/mol. The standard InChI is InChI=1S/C15H25NS2/c1-17-12-6-4-3-5-11-16-13-14-7-9-15(18-2)10-8-14/h7-10,16H,3-6,11-13H2,1-2H3. The highest BCUT2D eigenvalue weighted by molar-refractivity contribution is 7.98. The summed E-state index contributed by atoms with van der Waals surface area (Å²) >= 11 is 3.75. The Hall–Kier alpha value is -0.120. The van der Waals surface area contributed by atoms with Crippen molar-refractivity contribution in [3.8, 4) is 0 Å². The third kappa shape index (κ3) is 7.34. The number of rotatable bonds is 10. The van der Waals surface area contributed by atoms with Gasteiger partial charge in [0.25, 0.3) is 0 Å². The predicted octanol–water partition coefficient (Wildman–Crippen LogP) is 4.42. The van der Waals surface area contributed by atoms with Crippen LogP contribution in [0.25, 0.3) is 0 Å². The topological polar surface area (TPSA) is 12.0 Å². The van der Waals surface area contributed by atoms with Gasteiger partial charge >= 0.3 is 0 Å². The summed E-state index contributed by atoms with van der Waals surface area (Å²) in [5.74, 6) is 1.31. The maximum Gasteiger partial charge on any atom is 0.0205 e. The Morgan fingerprint density at radius 2 is 1.67 bits per heavy atom. The van der Waals surface area contributed by atoms with E-state index in [1.807, 2.05) is 11.8 Å². The van der Waals surface area contributed by atoms with Gasteiger partial charge in [0.15, 0.2) is 0 Å². The molecule has 0 saturated carbocycles. The lowest BCUT2D eigenvalue weighted by atomic mass is 10.2. The zero-order valence-electron chi connectivity index (χ0n) is 11.6. The smallest absolute Gasteiger partial charge is 0.0205 e. The van der Waals surface area contributed by atoms with Crippen molar-refractivity contribution in [2.45, 2.75) is 37.1 Å². The molecule has 0 radical (unpaired) electrons. The van der Waals surface area contributed by atoms with Gasteiger partial charge < -0.3 is 5.32 Å². The first kappa shape index (κ1) is 15.9. The minimum Gasteiger partial charge on any atom is -0.313 e. The van der Waals surface area contributed by atoms with Gasteiger partial charge in [-0.25, -0.2) is 0 Å². The highest BCUT2D eigenvalue weighted by Gasteiger charge is 1.94. The van der Waals surface area contributed by atoms with Crippen molar-refractivity contribution in [1.82, 2.24) is 5.32 Å². The largest absolute Gasteiger partial charge is 0.313 e. The summed E-state index contributed by atoms with van der Waals surface area (Å²) in [5, 5.41) is 3.52. The molecule has 0 saturated heterocycles. The summed E-state index contributed by atoms with van der Waals surface area (Å²) < 4.78 is 0. The second kappa shape index (κ2) is 10.8. The second-order valence-corrected chi connectivity index (χ2v) is 6.30. The molecule has 1 nitrogen and oxygen atoms in total. The van der Waals surface area contributed by atoms with Gasteiger partial charge in [-0.15, -0.1) is 11.8 Å². The molecule has 0 aliphatic carbocycles. The van der Waals surface area contributed by atoms with Crippen molar-refractivity contribution < 1.29 is 0 Å². The second-order valence-electron chi connectivity index (χ2n) is 4.43. The summed E-state index contributed by atoms with van der Waals surface area (Å²) in [6.45, 7) is 2.14. The van der Waals surface area contributed by atoms with E-state index in [-0.39, 0.29) is 0 Å². The summed E-state index contributed by atoms with van der Waals surface area (Å²) in [6.07, 6.45) is 9.71. The molecule has 0 amide bonds. The van der Waals surface area contributed by atoms with Crippen LogP contribution in [0.2, 0.25) is 0 Å². The third-order valence-corrected chi connectivity index (χ3v) is 4.38. The molecule has 1 aromatic rings. The van der Waals surface area contributed by atoms with Crippen LogP contribution < -0.4 is 5.32 Å². The number of nitrogens with one attached hydrogen (secondary N) is 1. The van der Waals surface area contributed by atoms with E-state index in [4.69, 9.17) is 0 Å². The lowest BCUT2D eigenvalue weighted by molar-refractivity contribution is 0.599. The number of hydrogen-bond donors (Lipinski definition) is 1. The van der Waals surface area contributed by atoms with Crippen LogP contribution in [0.5, 0.6) is 0 Å². The molecule has 0 spiro atoms. The maximum absolute atomic E-state index is 3.52. The summed E-state index contributed by atoms with van der Waals surface area (Å²) in [7, 11) is 0. The van der Waals surface area contributed by atoms with Gasteiger partial charge in [-0.3, -0.25) is 0 Å². The Labute approximate surface area is 121 Å². The third-order valence-electron chi connectivity index (χ3n) is 2.94. The average molecular weight is 284 g/mol. The Morgan fingerprint density at radius 1 is 0.944 bits per heavy atom. The SMILES string of the molecule is CSCCCCCCNCc1ccc(SC)cc1. The van der Waals surface area contributed by atoms with Crippen LogP contribution in [-0.4, -0.2) is 24.8 Å². The van der Waals surface area contributed by atoms with Crippen LogP contribution in [0.15, 0.2) is 29.2 Å². The maximum atomic E-state index is 3.52. The van der Waals surface area contributed by atoms with Crippen LogP contribution in [0, 0.1) is 0 Å². The molecule has 0 unspecified atom stereocenters. The molecule has 0 aliphatic rings. The molecule has 0 fully saturated rings. The number of benzene rings is 1. The molecule has 1 rings (SSSR count). The minimum absolute atomic E-state index is 0.999. The van der Waals surface area contributed by atoms with Gasteiger partial charge in [0.1, 0.15) is 0 Å². The monoisotopic (exact) mass is 283 g/mol. The Bertz CT molecular complexity index is 298. The molecule has 0 aromatic heterocycles. The first-order chi connectivity index (χ1) is 8.86.